The van der Waals surface area contributed by atoms with Crippen molar-refractivity contribution in [2.75, 3.05) is 13.1 Å². The highest BCUT2D eigenvalue weighted by Crippen LogP contribution is 2.35. The molecule has 1 N–H and O–H groups in total. The Hall–Kier alpha value is -1.06. The fraction of sp³-hybridized carbons (Fsp3) is 0.684. The minimum Gasteiger partial charge on any atom is -0.486 e. The summed E-state index contributed by atoms with van der Waals surface area (Å²) in [4.78, 5) is 2.57. The van der Waals surface area contributed by atoms with E-state index >= 15 is 0 Å². The van der Waals surface area contributed by atoms with Gasteiger partial charge in [-0.25, -0.2) is 0 Å². The zero-order valence-corrected chi connectivity index (χ0v) is 13.9. The number of para-hydroxylation sites is 1. The van der Waals surface area contributed by atoms with E-state index in [1.54, 1.807) is 0 Å². The van der Waals surface area contributed by atoms with Gasteiger partial charge in [0.25, 0.3) is 0 Å². The van der Waals surface area contributed by atoms with Crippen LogP contribution in [0.5, 0.6) is 5.75 Å². The van der Waals surface area contributed by atoms with Gasteiger partial charge >= 0.3 is 0 Å². The quantitative estimate of drug-likeness (QED) is 0.928. The van der Waals surface area contributed by atoms with Crippen LogP contribution in [0, 0.1) is 5.41 Å². The van der Waals surface area contributed by atoms with Crippen molar-refractivity contribution in [1.29, 1.82) is 0 Å². The molecule has 1 aromatic rings. The Labute approximate surface area is 134 Å². The van der Waals surface area contributed by atoms with Gasteiger partial charge < -0.3 is 9.84 Å². The average molecular weight is 303 g/mol. The second kappa shape index (κ2) is 6.59. The molecule has 0 unspecified atom stereocenters. The third kappa shape index (κ3) is 3.47. The number of nitrogens with zero attached hydrogens (tertiary/aromatic N) is 1. The normalized spacial score (nSPS) is 30.1. The first kappa shape index (κ1) is 15.8. The van der Waals surface area contributed by atoms with E-state index in [9.17, 15) is 5.11 Å². The van der Waals surface area contributed by atoms with Gasteiger partial charge in [0.15, 0.2) is 0 Å². The van der Waals surface area contributed by atoms with E-state index in [0.29, 0.717) is 6.04 Å². The van der Waals surface area contributed by atoms with E-state index in [0.717, 1.165) is 18.8 Å². The second-order valence-electron chi connectivity index (χ2n) is 7.62. The molecule has 0 radical (unpaired) electrons. The molecule has 22 heavy (non-hydrogen) atoms. The molecule has 0 spiro atoms. The number of rotatable bonds is 3. The van der Waals surface area contributed by atoms with E-state index in [1.807, 2.05) is 30.3 Å². The molecular weight excluding hydrogens is 274 g/mol. The summed E-state index contributed by atoms with van der Waals surface area (Å²) in [5.41, 5.74) is -0.130. The summed E-state index contributed by atoms with van der Waals surface area (Å²) in [6, 6.07) is 10.6. The number of hydrogen-bond donors (Lipinski definition) is 1. The highest BCUT2D eigenvalue weighted by molar-refractivity contribution is 5.21. The smallest absolute Gasteiger partial charge is 0.138 e. The number of hydrogen-bond acceptors (Lipinski definition) is 3. The van der Waals surface area contributed by atoms with Crippen LogP contribution in [-0.2, 0) is 0 Å². The first-order valence-electron chi connectivity index (χ1n) is 8.70. The molecule has 1 saturated heterocycles. The molecule has 3 nitrogen and oxygen atoms in total. The minimum atomic E-state index is -0.424. The monoisotopic (exact) mass is 303 g/mol. The molecule has 1 aliphatic carbocycles. The largest absolute Gasteiger partial charge is 0.486 e. The lowest BCUT2D eigenvalue weighted by Gasteiger charge is -2.49. The van der Waals surface area contributed by atoms with Crippen molar-refractivity contribution in [2.45, 2.75) is 64.2 Å². The maximum Gasteiger partial charge on any atom is 0.138 e. The zero-order chi connectivity index (χ0) is 15.6. The molecule has 2 fully saturated rings. The van der Waals surface area contributed by atoms with E-state index < -0.39 is 6.10 Å². The fourth-order valence-corrected chi connectivity index (χ4v) is 4.02. The number of piperidine rings is 1. The molecule has 3 heteroatoms. The van der Waals surface area contributed by atoms with Crippen molar-refractivity contribution in [2.24, 2.45) is 5.41 Å². The van der Waals surface area contributed by atoms with Crippen LogP contribution in [0.4, 0.5) is 0 Å². The molecule has 1 heterocycles. The Balaban J connectivity index is 1.73. The fourth-order valence-electron chi connectivity index (χ4n) is 4.02. The van der Waals surface area contributed by atoms with Crippen molar-refractivity contribution in [3.63, 3.8) is 0 Å². The lowest BCUT2D eigenvalue weighted by molar-refractivity contribution is -0.110. The molecular formula is C19H29NO2. The van der Waals surface area contributed by atoms with Gasteiger partial charge in [0, 0.05) is 24.5 Å². The van der Waals surface area contributed by atoms with Gasteiger partial charge in [-0.2, -0.15) is 0 Å². The van der Waals surface area contributed by atoms with E-state index in [-0.39, 0.29) is 11.5 Å². The highest BCUT2D eigenvalue weighted by Gasteiger charge is 2.44. The van der Waals surface area contributed by atoms with Crippen LogP contribution < -0.4 is 4.74 Å². The number of benzene rings is 1. The van der Waals surface area contributed by atoms with Crippen LogP contribution in [-0.4, -0.2) is 41.3 Å². The molecule has 122 valence electrons. The molecule has 2 atom stereocenters. The van der Waals surface area contributed by atoms with Crippen molar-refractivity contribution >= 4 is 0 Å². The van der Waals surface area contributed by atoms with Crippen molar-refractivity contribution < 1.29 is 9.84 Å². The second-order valence-corrected chi connectivity index (χ2v) is 7.62. The predicted molar refractivity (Wildman–Crippen MR) is 89.1 cm³/mol. The third-order valence-corrected chi connectivity index (χ3v) is 5.30. The molecule has 2 aliphatic rings. The maximum atomic E-state index is 10.7. The third-order valence-electron chi connectivity index (χ3n) is 5.30. The summed E-state index contributed by atoms with van der Waals surface area (Å²) < 4.78 is 6.13. The minimum absolute atomic E-state index is 0.130. The lowest BCUT2D eigenvalue weighted by Crippen LogP contribution is -2.61. The van der Waals surface area contributed by atoms with Gasteiger partial charge in [0.05, 0.1) is 6.10 Å². The number of aliphatic hydroxyl groups is 1. The van der Waals surface area contributed by atoms with Crippen molar-refractivity contribution in [3.8, 4) is 5.75 Å². The summed E-state index contributed by atoms with van der Waals surface area (Å²) >= 11 is 0. The summed E-state index contributed by atoms with van der Waals surface area (Å²) in [5, 5.41) is 10.7. The molecule has 1 aliphatic heterocycles. The van der Waals surface area contributed by atoms with Crippen molar-refractivity contribution in [1.82, 2.24) is 4.90 Å². The molecule has 1 aromatic carbocycles. The number of aliphatic hydroxyl groups excluding tert-OH is 1. The topological polar surface area (TPSA) is 32.7 Å². The predicted octanol–water partition coefficient (Wildman–Crippen LogP) is 3.47. The van der Waals surface area contributed by atoms with Gasteiger partial charge in [-0.05, 0) is 25.0 Å². The van der Waals surface area contributed by atoms with Crippen LogP contribution in [0.15, 0.2) is 30.3 Å². The zero-order valence-electron chi connectivity index (χ0n) is 13.9. The summed E-state index contributed by atoms with van der Waals surface area (Å²) in [6.07, 6.45) is 6.08. The lowest BCUT2D eigenvalue weighted by atomic mass is 9.78. The molecule has 0 bridgehead atoms. The summed E-state index contributed by atoms with van der Waals surface area (Å²) in [7, 11) is 0. The molecule has 3 rings (SSSR count). The average Bonchev–Trinajstić information content (AvgIpc) is 2.53. The van der Waals surface area contributed by atoms with Gasteiger partial charge in [-0.3, -0.25) is 4.90 Å². The Morgan fingerprint density at radius 1 is 1.09 bits per heavy atom. The first-order chi connectivity index (χ1) is 10.6. The summed E-state index contributed by atoms with van der Waals surface area (Å²) in [6.45, 7) is 6.12. The van der Waals surface area contributed by atoms with Gasteiger partial charge in [0.2, 0.25) is 0 Å². The van der Waals surface area contributed by atoms with Gasteiger partial charge in [0.1, 0.15) is 11.9 Å². The van der Waals surface area contributed by atoms with Crippen LogP contribution in [0.1, 0.15) is 46.0 Å². The number of ether oxygens (including phenoxy) is 1. The SMILES string of the molecule is CC1(C)CN(C2CCCCC2)C[C@@H](Oc2ccccc2)[C@H]1O. The Morgan fingerprint density at radius 2 is 1.77 bits per heavy atom. The Bertz CT molecular complexity index is 468. The van der Waals surface area contributed by atoms with Crippen LogP contribution in [0.2, 0.25) is 0 Å². The van der Waals surface area contributed by atoms with Gasteiger partial charge in [-0.15, -0.1) is 0 Å². The van der Waals surface area contributed by atoms with Crippen LogP contribution in [0.25, 0.3) is 0 Å². The van der Waals surface area contributed by atoms with Crippen LogP contribution >= 0.6 is 0 Å². The van der Waals surface area contributed by atoms with E-state index in [4.69, 9.17) is 4.74 Å². The van der Waals surface area contributed by atoms with Crippen molar-refractivity contribution in [3.05, 3.63) is 30.3 Å². The van der Waals surface area contributed by atoms with Crippen LogP contribution in [0.3, 0.4) is 0 Å². The molecule has 0 aromatic heterocycles. The Morgan fingerprint density at radius 3 is 2.45 bits per heavy atom. The standard InChI is InChI=1S/C19H29NO2/c1-19(2)14-20(15-9-5-3-6-10-15)13-17(18(19)21)22-16-11-7-4-8-12-16/h4,7-8,11-12,15,17-18,21H,3,5-6,9-10,13-14H2,1-2H3/t17-,18-/m1/s1. The Kier molecular flexibility index (Phi) is 4.74. The first-order valence-corrected chi connectivity index (χ1v) is 8.70. The van der Waals surface area contributed by atoms with Gasteiger partial charge in [-0.1, -0.05) is 51.3 Å². The van der Waals surface area contributed by atoms with E-state index in [1.165, 1.54) is 32.1 Å². The highest BCUT2D eigenvalue weighted by atomic mass is 16.5. The van der Waals surface area contributed by atoms with E-state index in [2.05, 4.69) is 18.7 Å². The molecule has 0 amide bonds. The number of likely N-dealkylation sites (tertiary alicyclic amines) is 1. The summed E-state index contributed by atoms with van der Waals surface area (Å²) in [5.74, 6) is 0.854. The maximum absolute atomic E-state index is 10.7. The molecule has 1 saturated carbocycles.